The minimum absolute atomic E-state index is 0.0438. The number of carbonyl (C=O) groups is 1. The molecule has 0 spiro atoms. The minimum atomic E-state index is -0.749. The van der Waals surface area contributed by atoms with Gasteiger partial charge in [0.05, 0.1) is 18.3 Å². The van der Waals surface area contributed by atoms with E-state index in [1.54, 1.807) is 14.2 Å². The molecule has 0 aromatic carbocycles. The molecular formula is C12H20O4. The second kappa shape index (κ2) is 5.08. The van der Waals surface area contributed by atoms with Crippen LogP contribution >= 0.6 is 0 Å². The van der Waals surface area contributed by atoms with Gasteiger partial charge in [0.25, 0.3) is 0 Å². The molecule has 0 aromatic rings. The molecule has 1 aliphatic rings. The Balaban J connectivity index is 2.93. The number of Topliss-reactive ketones (excluding diaryl/α,β-unsaturated/α-hetero) is 1. The number of methoxy groups -OCH3 is 2. The summed E-state index contributed by atoms with van der Waals surface area (Å²) in [7, 11) is 3.14. The lowest BCUT2D eigenvalue weighted by atomic mass is 9.78. The molecule has 1 rings (SSSR count). The van der Waals surface area contributed by atoms with Gasteiger partial charge in [-0.15, -0.1) is 0 Å². The molecule has 1 aliphatic carbocycles. The van der Waals surface area contributed by atoms with E-state index >= 15 is 0 Å². The third-order valence-electron chi connectivity index (χ3n) is 3.11. The van der Waals surface area contributed by atoms with Gasteiger partial charge < -0.3 is 14.6 Å². The van der Waals surface area contributed by atoms with Crippen molar-refractivity contribution in [3.05, 3.63) is 11.1 Å². The Morgan fingerprint density at radius 2 is 2.19 bits per heavy atom. The van der Waals surface area contributed by atoms with E-state index in [0.717, 1.165) is 5.57 Å². The average Bonchev–Trinajstić information content (AvgIpc) is 2.16. The zero-order chi connectivity index (χ0) is 12.3. The van der Waals surface area contributed by atoms with E-state index in [2.05, 4.69) is 0 Å². The second-order valence-corrected chi connectivity index (χ2v) is 4.60. The molecule has 0 aromatic heterocycles. The molecule has 0 heterocycles. The quantitative estimate of drug-likeness (QED) is 0.734. The third-order valence-corrected chi connectivity index (χ3v) is 3.11. The zero-order valence-corrected chi connectivity index (χ0v) is 10.4. The standard InChI is InChI=1S/C12H20O4/c1-8(7-15-3)11-9(13)5-12(2,16-4)6-10(11)14/h9,13H,5-7H2,1-4H3. The minimum Gasteiger partial charge on any atom is -0.388 e. The molecular weight excluding hydrogens is 208 g/mol. The van der Waals surface area contributed by atoms with E-state index in [-0.39, 0.29) is 5.78 Å². The largest absolute Gasteiger partial charge is 0.388 e. The second-order valence-electron chi connectivity index (χ2n) is 4.60. The first kappa shape index (κ1) is 13.4. The van der Waals surface area contributed by atoms with Gasteiger partial charge in [-0.25, -0.2) is 0 Å². The molecule has 0 aliphatic heterocycles. The first-order chi connectivity index (χ1) is 7.43. The predicted molar refractivity (Wildman–Crippen MR) is 60.2 cm³/mol. The van der Waals surface area contributed by atoms with Crippen LogP contribution in [-0.2, 0) is 14.3 Å². The highest BCUT2D eigenvalue weighted by atomic mass is 16.5. The third kappa shape index (κ3) is 2.70. The molecule has 0 amide bonds. The molecule has 1 fully saturated rings. The smallest absolute Gasteiger partial charge is 0.164 e. The Bertz CT molecular complexity index is 308. The van der Waals surface area contributed by atoms with Crippen molar-refractivity contribution in [1.82, 2.24) is 0 Å². The number of hydrogen-bond acceptors (Lipinski definition) is 4. The van der Waals surface area contributed by atoms with E-state index in [9.17, 15) is 9.90 Å². The highest BCUT2D eigenvalue weighted by molar-refractivity contribution is 5.98. The average molecular weight is 228 g/mol. The number of aliphatic hydroxyl groups excluding tert-OH is 1. The van der Waals surface area contributed by atoms with Crippen LogP contribution in [0.25, 0.3) is 0 Å². The molecule has 16 heavy (non-hydrogen) atoms. The van der Waals surface area contributed by atoms with Crippen LogP contribution in [0, 0.1) is 0 Å². The van der Waals surface area contributed by atoms with Crippen LogP contribution in [0.2, 0.25) is 0 Å². The molecule has 0 radical (unpaired) electrons. The lowest BCUT2D eigenvalue weighted by Gasteiger charge is -2.36. The maximum atomic E-state index is 11.9. The van der Waals surface area contributed by atoms with Crippen LogP contribution in [-0.4, -0.2) is 43.4 Å². The molecule has 92 valence electrons. The van der Waals surface area contributed by atoms with Crippen LogP contribution in [0.3, 0.4) is 0 Å². The van der Waals surface area contributed by atoms with E-state index < -0.39 is 11.7 Å². The van der Waals surface area contributed by atoms with Gasteiger partial charge >= 0.3 is 0 Å². The number of carbonyl (C=O) groups excluding carboxylic acids is 1. The van der Waals surface area contributed by atoms with Gasteiger partial charge in [0, 0.05) is 32.6 Å². The maximum absolute atomic E-state index is 11.9. The summed E-state index contributed by atoms with van der Waals surface area (Å²) in [4.78, 5) is 11.9. The van der Waals surface area contributed by atoms with Gasteiger partial charge in [0.15, 0.2) is 5.78 Å². The van der Waals surface area contributed by atoms with E-state index in [1.165, 1.54) is 0 Å². The molecule has 2 atom stereocenters. The Hall–Kier alpha value is -0.710. The van der Waals surface area contributed by atoms with E-state index in [4.69, 9.17) is 9.47 Å². The Morgan fingerprint density at radius 3 is 2.62 bits per heavy atom. The fraction of sp³-hybridized carbons (Fsp3) is 0.750. The number of ketones is 1. The van der Waals surface area contributed by atoms with Crippen LogP contribution in [0.4, 0.5) is 0 Å². The van der Waals surface area contributed by atoms with Crippen molar-refractivity contribution in [1.29, 1.82) is 0 Å². The van der Waals surface area contributed by atoms with Gasteiger partial charge in [-0.3, -0.25) is 4.79 Å². The maximum Gasteiger partial charge on any atom is 0.164 e. The molecule has 0 saturated heterocycles. The molecule has 1 saturated carbocycles. The first-order valence-corrected chi connectivity index (χ1v) is 5.38. The van der Waals surface area contributed by atoms with Gasteiger partial charge in [-0.1, -0.05) is 0 Å². The number of aliphatic hydroxyl groups is 1. The summed E-state index contributed by atoms with van der Waals surface area (Å²) in [5, 5.41) is 9.99. The SMILES string of the molecule is COCC(C)=C1C(=O)CC(C)(OC)CC1O. The molecule has 4 nitrogen and oxygen atoms in total. The van der Waals surface area contributed by atoms with Crippen LogP contribution in [0.1, 0.15) is 26.7 Å². The number of ether oxygens (including phenoxy) is 2. The van der Waals surface area contributed by atoms with Crippen LogP contribution in [0.5, 0.6) is 0 Å². The van der Waals surface area contributed by atoms with Gasteiger partial charge in [0.2, 0.25) is 0 Å². The van der Waals surface area contributed by atoms with Gasteiger partial charge in [-0.05, 0) is 19.4 Å². The van der Waals surface area contributed by atoms with Gasteiger partial charge in [-0.2, -0.15) is 0 Å². The zero-order valence-electron chi connectivity index (χ0n) is 10.4. The first-order valence-electron chi connectivity index (χ1n) is 5.38. The van der Waals surface area contributed by atoms with E-state index in [0.29, 0.717) is 25.0 Å². The number of hydrogen-bond donors (Lipinski definition) is 1. The summed E-state index contributed by atoms with van der Waals surface area (Å²) in [5.41, 5.74) is 0.752. The van der Waals surface area contributed by atoms with E-state index in [1.807, 2.05) is 13.8 Å². The Morgan fingerprint density at radius 1 is 1.56 bits per heavy atom. The van der Waals surface area contributed by atoms with Crippen molar-refractivity contribution in [2.45, 2.75) is 38.4 Å². The lowest BCUT2D eigenvalue weighted by Crippen LogP contribution is -2.43. The summed E-state index contributed by atoms with van der Waals surface area (Å²) in [5.74, 6) is -0.0438. The predicted octanol–water partition coefficient (Wildman–Crippen LogP) is 1.08. The molecule has 2 unspecified atom stereocenters. The van der Waals surface area contributed by atoms with Crippen molar-refractivity contribution in [3.63, 3.8) is 0 Å². The summed E-state index contributed by atoms with van der Waals surface area (Å²) < 4.78 is 10.3. The fourth-order valence-corrected chi connectivity index (χ4v) is 2.18. The normalized spacial score (nSPS) is 34.1. The molecule has 1 N–H and O–H groups in total. The van der Waals surface area contributed by atoms with Crippen molar-refractivity contribution < 1.29 is 19.4 Å². The van der Waals surface area contributed by atoms with Crippen LogP contribution < -0.4 is 0 Å². The summed E-state index contributed by atoms with van der Waals surface area (Å²) in [6.45, 7) is 4.04. The highest BCUT2D eigenvalue weighted by Gasteiger charge is 2.39. The Labute approximate surface area is 96.2 Å². The lowest BCUT2D eigenvalue weighted by molar-refractivity contribution is -0.128. The highest BCUT2D eigenvalue weighted by Crippen LogP contribution is 2.33. The monoisotopic (exact) mass is 228 g/mol. The topological polar surface area (TPSA) is 55.8 Å². The Kier molecular flexibility index (Phi) is 4.24. The summed E-state index contributed by atoms with van der Waals surface area (Å²) >= 11 is 0. The summed E-state index contributed by atoms with van der Waals surface area (Å²) in [6.07, 6.45) is 0.0177. The number of rotatable bonds is 3. The van der Waals surface area contributed by atoms with Crippen molar-refractivity contribution >= 4 is 5.78 Å². The molecule has 4 heteroatoms. The van der Waals surface area contributed by atoms with Crippen molar-refractivity contribution in [3.8, 4) is 0 Å². The van der Waals surface area contributed by atoms with Crippen LogP contribution in [0.15, 0.2) is 11.1 Å². The fourth-order valence-electron chi connectivity index (χ4n) is 2.18. The van der Waals surface area contributed by atoms with Crippen molar-refractivity contribution in [2.75, 3.05) is 20.8 Å². The van der Waals surface area contributed by atoms with Crippen molar-refractivity contribution in [2.24, 2.45) is 0 Å². The van der Waals surface area contributed by atoms with Gasteiger partial charge in [0.1, 0.15) is 0 Å². The summed E-state index contributed by atoms with van der Waals surface area (Å²) in [6, 6.07) is 0. The molecule has 0 bridgehead atoms.